The summed E-state index contributed by atoms with van der Waals surface area (Å²) in [5.74, 6) is -0.233. The number of halogens is 2. The molecule has 0 radical (unpaired) electrons. The molecule has 3 aliphatic rings. The van der Waals surface area contributed by atoms with Crippen LogP contribution in [-0.2, 0) is 0 Å². The lowest BCUT2D eigenvalue weighted by molar-refractivity contribution is 0.102. The summed E-state index contributed by atoms with van der Waals surface area (Å²) in [6, 6.07) is 24.3. The minimum Gasteiger partial charge on any atom is -0.366 e. The molecular formula is C40H37Cl2N7O. The highest BCUT2D eigenvalue weighted by atomic mass is 35.5. The molecule has 3 aromatic carbocycles. The molecule has 0 spiro atoms. The van der Waals surface area contributed by atoms with Gasteiger partial charge >= 0.3 is 0 Å². The van der Waals surface area contributed by atoms with Gasteiger partial charge in [-0.05, 0) is 54.3 Å². The number of imidazole rings is 1. The van der Waals surface area contributed by atoms with E-state index in [1.165, 1.54) is 32.1 Å². The predicted molar refractivity (Wildman–Crippen MR) is 202 cm³/mol. The van der Waals surface area contributed by atoms with Gasteiger partial charge in [-0.1, -0.05) is 84.9 Å². The van der Waals surface area contributed by atoms with Crippen molar-refractivity contribution in [3.8, 4) is 22.5 Å². The Bertz CT molecular complexity index is 2200. The molecule has 50 heavy (non-hydrogen) atoms. The van der Waals surface area contributed by atoms with Crippen LogP contribution < -0.4 is 10.2 Å². The van der Waals surface area contributed by atoms with Crippen molar-refractivity contribution in [1.29, 1.82) is 0 Å². The molecule has 2 fully saturated rings. The summed E-state index contributed by atoms with van der Waals surface area (Å²) in [7, 11) is 0. The molecule has 2 aliphatic heterocycles. The Labute approximate surface area is 301 Å². The van der Waals surface area contributed by atoms with Crippen LogP contribution in [0.25, 0.3) is 33.4 Å². The molecule has 1 unspecified atom stereocenters. The van der Waals surface area contributed by atoms with Gasteiger partial charge < -0.3 is 19.8 Å². The van der Waals surface area contributed by atoms with Crippen LogP contribution in [0.1, 0.15) is 59.8 Å². The van der Waals surface area contributed by atoms with Gasteiger partial charge in [-0.25, -0.2) is 4.98 Å². The van der Waals surface area contributed by atoms with E-state index in [2.05, 4.69) is 41.8 Å². The Morgan fingerprint density at radius 3 is 2.44 bits per heavy atom. The Balaban J connectivity index is 1.12. The van der Waals surface area contributed by atoms with Crippen molar-refractivity contribution in [1.82, 2.24) is 24.4 Å². The maximum atomic E-state index is 14.6. The highest BCUT2D eigenvalue weighted by Crippen LogP contribution is 2.50. The molecule has 1 saturated carbocycles. The average molecular weight is 703 g/mol. The van der Waals surface area contributed by atoms with E-state index in [0.29, 0.717) is 21.8 Å². The molecular weight excluding hydrogens is 665 g/mol. The van der Waals surface area contributed by atoms with Gasteiger partial charge in [0, 0.05) is 70.5 Å². The Morgan fingerprint density at radius 1 is 0.880 bits per heavy atom. The number of anilines is 2. The van der Waals surface area contributed by atoms with Crippen molar-refractivity contribution in [3.63, 3.8) is 0 Å². The number of hydrogen-bond donors (Lipinski definition) is 2. The number of rotatable bonds is 6. The van der Waals surface area contributed by atoms with E-state index >= 15 is 0 Å². The smallest absolute Gasteiger partial charge is 0.272 e. The predicted octanol–water partition coefficient (Wildman–Crippen LogP) is 9.06. The normalized spacial score (nSPS) is 18.0. The number of nitrogens with zero attached hydrogens (tertiary/aromatic N) is 5. The Kier molecular flexibility index (Phi) is 8.10. The monoisotopic (exact) mass is 701 g/mol. The van der Waals surface area contributed by atoms with Crippen LogP contribution in [0, 0.1) is 0 Å². The molecule has 0 bridgehead atoms. The van der Waals surface area contributed by atoms with Gasteiger partial charge in [0.05, 0.1) is 41.3 Å². The van der Waals surface area contributed by atoms with Gasteiger partial charge in [0.2, 0.25) is 0 Å². The molecule has 9 rings (SSSR count). The zero-order chi connectivity index (χ0) is 33.8. The summed E-state index contributed by atoms with van der Waals surface area (Å²) < 4.78 is 2.16. The van der Waals surface area contributed by atoms with Gasteiger partial charge in [0.1, 0.15) is 5.69 Å². The molecule has 252 valence electrons. The number of hydrogen-bond acceptors (Lipinski definition) is 5. The Hall–Kier alpha value is -4.63. The number of H-pyrrole nitrogens is 1. The zero-order valence-corrected chi connectivity index (χ0v) is 29.1. The van der Waals surface area contributed by atoms with Gasteiger partial charge in [0.25, 0.3) is 5.91 Å². The molecule has 1 aliphatic carbocycles. The molecule has 8 nitrogen and oxygen atoms in total. The van der Waals surface area contributed by atoms with E-state index < -0.39 is 0 Å². The highest BCUT2D eigenvalue weighted by Gasteiger charge is 2.36. The van der Waals surface area contributed by atoms with Crippen LogP contribution in [0.4, 0.5) is 11.4 Å². The minimum absolute atomic E-state index is 0.230. The van der Waals surface area contributed by atoms with E-state index in [1.807, 2.05) is 73.2 Å². The standard InChI is InChI=1S/C40H37Cl2N7O/c41-27-13-11-26(12-14-27)38-30-21-28(42)22-32-34(30)35(39-36(44-24-49(38)39)25-7-3-1-4-8-25)37(45-32)40(50)46-31-15-16-43-23-33(31)48-19-17-47(18-20-48)29-9-5-2-6-10-29/h1,3-4,7-8,11-16,21-24,29,38,45H,2,5-6,9-10,17-20H2,(H,43,46,50). The fourth-order valence-electron chi connectivity index (χ4n) is 8.40. The van der Waals surface area contributed by atoms with Gasteiger partial charge in [-0.15, -0.1) is 0 Å². The topological polar surface area (TPSA) is 82.1 Å². The molecule has 1 saturated heterocycles. The van der Waals surface area contributed by atoms with Crippen LogP contribution in [0.3, 0.4) is 0 Å². The molecule has 3 aromatic heterocycles. The molecule has 1 amide bonds. The highest BCUT2D eigenvalue weighted by molar-refractivity contribution is 6.32. The lowest BCUT2D eigenvalue weighted by Crippen LogP contribution is -2.51. The molecule has 1 atom stereocenters. The fourth-order valence-corrected chi connectivity index (χ4v) is 8.75. The summed E-state index contributed by atoms with van der Waals surface area (Å²) in [5, 5.41) is 5.49. The first-order valence-corrected chi connectivity index (χ1v) is 18.3. The molecule has 5 heterocycles. The minimum atomic E-state index is -0.233. The second-order valence-corrected chi connectivity index (χ2v) is 14.5. The number of nitrogens with one attached hydrogen (secondary N) is 2. The second-order valence-electron chi connectivity index (χ2n) is 13.6. The van der Waals surface area contributed by atoms with E-state index in [0.717, 1.165) is 82.1 Å². The number of aromatic nitrogens is 4. The molecule has 2 N–H and O–H groups in total. The SMILES string of the molecule is O=C(Nc1ccncc1N1CCN(C2CCCCC2)CC1)c1[nH]c2cc(Cl)cc3c2c1-c1c(-c2ccccc2)ncn1C3c1ccc(Cl)cc1. The van der Waals surface area contributed by atoms with Crippen LogP contribution in [-0.4, -0.2) is 62.5 Å². The van der Waals surface area contributed by atoms with Crippen molar-refractivity contribution in [2.45, 2.75) is 44.2 Å². The van der Waals surface area contributed by atoms with E-state index in [-0.39, 0.29) is 11.9 Å². The summed E-state index contributed by atoms with van der Waals surface area (Å²) in [6.07, 6.45) is 12.1. The lowest BCUT2D eigenvalue weighted by atomic mass is 9.88. The number of carbonyl (C=O) groups is 1. The second kappa shape index (κ2) is 12.9. The third-order valence-corrected chi connectivity index (χ3v) is 11.2. The first-order valence-electron chi connectivity index (χ1n) is 17.5. The molecule has 10 heteroatoms. The van der Waals surface area contributed by atoms with Crippen molar-refractivity contribution in [2.24, 2.45) is 0 Å². The van der Waals surface area contributed by atoms with E-state index in [9.17, 15) is 4.79 Å². The third kappa shape index (κ3) is 5.46. The van der Waals surface area contributed by atoms with Gasteiger partial charge in [-0.2, -0.15) is 0 Å². The van der Waals surface area contributed by atoms with Crippen LogP contribution in [0.15, 0.2) is 91.5 Å². The number of carbonyl (C=O) groups excluding carboxylic acids is 1. The zero-order valence-electron chi connectivity index (χ0n) is 27.6. The number of fused-ring (bicyclic) bond motifs is 2. The number of benzene rings is 3. The third-order valence-electron chi connectivity index (χ3n) is 10.8. The van der Waals surface area contributed by atoms with Crippen molar-refractivity contribution < 1.29 is 4.79 Å². The van der Waals surface area contributed by atoms with Crippen LogP contribution in [0.5, 0.6) is 0 Å². The van der Waals surface area contributed by atoms with Crippen molar-refractivity contribution in [3.05, 3.63) is 118 Å². The van der Waals surface area contributed by atoms with Crippen molar-refractivity contribution >= 4 is 51.4 Å². The lowest BCUT2D eigenvalue weighted by Gasteiger charge is -2.41. The maximum absolute atomic E-state index is 14.6. The molecule has 6 aromatic rings. The largest absolute Gasteiger partial charge is 0.366 e. The number of aromatic amines is 1. The summed E-state index contributed by atoms with van der Waals surface area (Å²) in [5.41, 5.74) is 8.43. The van der Waals surface area contributed by atoms with Gasteiger partial charge in [-0.3, -0.25) is 14.7 Å². The number of piperazine rings is 1. The van der Waals surface area contributed by atoms with E-state index in [1.54, 1.807) is 6.20 Å². The first-order chi connectivity index (χ1) is 24.5. The van der Waals surface area contributed by atoms with Crippen molar-refractivity contribution in [2.75, 3.05) is 36.4 Å². The van der Waals surface area contributed by atoms with Gasteiger partial charge in [0.15, 0.2) is 0 Å². The summed E-state index contributed by atoms with van der Waals surface area (Å²) >= 11 is 13.1. The van der Waals surface area contributed by atoms with Crippen LogP contribution >= 0.6 is 23.2 Å². The van der Waals surface area contributed by atoms with E-state index in [4.69, 9.17) is 28.2 Å². The fraction of sp³-hybridized carbons (Fsp3) is 0.275. The average Bonchev–Trinajstić information content (AvgIpc) is 3.76. The maximum Gasteiger partial charge on any atom is 0.272 e. The first kappa shape index (κ1) is 31.4. The summed E-state index contributed by atoms with van der Waals surface area (Å²) in [6.45, 7) is 3.83. The Morgan fingerprint density at radius 2 is 1.66 bits per heavy atom. The number of pyridine rings is 1. The van der Waals surface area contributed by atoms with Crippen LogP contribution in [0.2, 0.25) is 10.0 Å². The number of amides is 1. The summed E-state index contributed by atoms with van der Waals surface area (Å²) in [4.78, 5) is 32.5. The quantitative estimate of drug-likeness (QED) is 0.181.